The van der Waals surface area contributed by atoms with E-state index in [4.69, 9.17) is 14.2 Å². The van der Waals surface area contributed by atoms with Gasteiger partial charge in [-0.05, 0) is 54.8 Å². The zero-order valence-electron chi connectivity index (χ0n) is 19.1. The summed E-state index contributed by atoms with van der Waals surface area (Å²) in [6, 6.07) is 21.2. The lowest BCUT2D eigenvalue weighted by Gasteiger charge is -2.24. The highest BCUT2D eigenvalue weighted by molar-refractivity contribution is 5.89. The third kappa shape index (κ3) is 5.94. The van der Waals surface area contributed by atoms with E-state index in [1.807, 2.05) is 73.7 Å². The predicted octanol–water partition coefficient (Wildman–Crippen LogP) is 5.30. The number of rotatable bonds is 9. The number of amides is 2. The van der Waals surface area contributed by atoms with Crippen molar-refractivity contribution in [2.45, 2.75) is 19.9 Å². The number of anilines is 1. The Balaban J connectivity index is 1.80. The molecule has 0 unspecified atom stereocenters. The van der Waals surface area contributed by atoms with Gasteiger partial charge in [0, 0.05) is 17.8 Å². The van der Waals surface area contributed by atoms with Crippen LogP contribution in [0.2, 0.25) is 0 Å². The van der Waals surface area contributed by atoms with E-state index in [1.54, 1.807) is 26.2 Å². The van der Waals surface area contributed by atoms with Gasteiger partial charge in [-0.25, -0.2) is 4.79 Å². The van der Waals surface area contributed by atoms with Gasteiger partial charge in [-0.3, -0.25) is 0 Å². The van der Waals surface area contributed by atoms with Crippen molar-refractivity contribution in [3.63, 3.8) is 0 Å². The fourth-order valence-electron chi connectivity index (χ4n) is 3.52. The average Bonchev–Trinajstić information content (AvgIpc) is 2.81. The van der Waals surface area contributed by atoms with Crippen molar-refractivity contribution in [3.05, 3.63) is 83.4 Å². The van der Waals surface area contributed by atoms with Crippen LogP contribution in [0, 0.1) is 6.92 Å². The molecule has 3 aromatic rings. The van der Waals surface area contributed by atoms with E-state index in [0.29, 0.717) is 31.0 Å². The summed E-state index contributed by atoms with van der Waals surface area (Å²) in [7, 11) is 4.87. The predicted molar refractivity (Wildman–Crippen MR) is 127 cm³/mol. The van der Waals surface area contributed by atoms with E-state index in [2.05, 4.69) is 5.32 Å². The molecule has 0 aliphatic carbocycles. The van der Waals surface area contributed by atoms with Crippen molar-refractivity contribution in [2.75, 3.05) is 33.2 Å². The first-order valence-electron chi connectivity index (χ1n) is 10.5. The first-order valence-corrected chi connectivity index (χ1v) is 10.5. The van der Waals surface area contributed by atoms with E-state index < -0.39 is 0 Å². The third-order valence-electron chi connectivity index (χ3n) is 5.23. The Hall–Kier alpha value is -3.67. The minimum Gasteiger partial charge on any atom is -0.496 e. The van der Waals surface area contributed by atoms with Crippen LogP contribution in [0.25, 0.3) is 0 Å². The standard InChI is InChI=1S/C26H30N2O4/c1-19-8-7-10-22(16-19)27-26(29)28(18-21-9-5-6-11-23(21)30-2)15-14-20-12-13-24(31-3)25(17-20)32-4/h5-13,16-17H,14-15,18H2,1-4H3,(H,27,29). The van der Waals surface area contributed by atoms with Gasteiger partial charge in [-0.1, -0.05) is 36.4 Å². The smallest absolute Gasteiger partial charge is 0.322 e. The molecule has 0 radical (unpaired) electrons. The topological polar surface area (TPSA) is 60.0 Å². The molecule has 0 saturated carbocycles. The summed E-state index contributed by atoms with van der Waals surface area (Å²) in [5.41, 5.74) is 3.85. The Labute approximate surface area is 189 Å². The van der Waals surface area contributed by atoms with Crippen LogP contribution in [-0.2, 0) is 13.0 Å². The van der Waals surface area contributed by atoms with Gasteiger partial charge >= 0.3 is 6.03 Å². The second-order valence-electron chi connectivity index (χ2n) is 7.47. The summed E-state index contributed by atoms with van der Waals surface area (Å²) in [6.45, 7) is 2.94. The number of para-hydroxylation sites is 1. The van der Waals surface area contributed by atoms with Gasteiger partial charge in [-0.2, -0.15) is 0 Å². The number of carbonyl (C=O) groups is 1. The van der Waals surface area contributed by atoms with E-state index in [-0.39, 0.29) is 6.03 Å². The Kier molecular flexibility index (Phi) is 7.97. The molecule has 0 bridgehead atoms. The molecular formula is C26H30N2O4. The van der Waals surface area contributed by atoms with Gasteiger partial charge in [-0.15, -0.1) is 0 Å². The molecule has 3 aromatic carbocycles. The summed E-state index contributed by atoms with van der Waals surface area (Å²) in [6.07, 6.45) is 0.663. The van der Waals surface area contributed by atoms with Gasteiger partial charge in [0.2, 0.25) is 0 Å². The summed E-state index contributed by atoms with van der Waals surface area (Å²) in [4.78, 5) is 15.0. The highest BCUT2D eigenvalue weighted by Gasteiger charge is 2.17. The highest BCUT2D eigenvalue weighted by Crippen LogP contribution is 2.28. The number of ether oxygens (including phenoxy) is 3. The fraction of sp³-hybridized carbons (Fsp3) is 0.269. The van der Waals surface area contributed by atoms with Crippen molar-refractivity contribution in [1.82, 2.24) is 4.90 Å². The van der Waals surface area contributed by atoms with Crippen molar-refractivity contribution in [3.8, 4) is 17.2 Å². The van der Waals surface area contributed by atoms with E-state index in [0.717, 1.165) is 28.1 Å². The van der Waals surface area contributed by atoms with E-state index >= 15 is 0 Å². The molecule has 0 atom stereocenters. The zero-order chi connectivity index (χ0) is 22.9. The molecule has 3 rings (SSSR count). The monoisotopic (exact) mass is 434 g/mol. The maximum absolute atomic E-state index is 13.2. The minimum absolute atomic E-state index is 0.165. The number of nitrogens with zero attached hydrogens (tertiary/aromatic N) is 1. The van der Waals surface area contributed by atoms with E-state index in [9.17, 15) is 4.79 Å². The van der Waals surface area contributed by atoms with Gasteiger partial charge in [0.25, 0.3) is 0 Å². The molecular weight excluding hydrogens is 404 g/mol. The van der Waals surface area contributed by atoms with Crippen LogP contribution in [0.4, 0.5) is 10.5 Å². The average molecular weight is 435 g/mol. The van der Waals surface area contributed by atoms with Crippen LogP contribution in [-0.4, -0.2) is 38.8 Å². The number of benzene rings is 3. The Bertz CT molecular complexity index is 1050. The molecule has 0 fully saturated rings. The number of methoxy groups -OCH3 is 3. The van der Waals surface area contributed by atoms with Crippen LogP contribution < -0.4 is 19.5 Å². The van der Waals surface area contributed by atoms with Crippen molar-refractivity contribution in [1.29, 1.82) is 0 Å². The van der Waals surface area contributed by atoms with Crippen LogP contribution in [0.15, 0.2) is 66.7 Å². The second kappa shape index (κ2) is 11.1. The summed E-state index contributed by atoms with van der Waals surface area (Å²) < 4.78 is 16.2. The van der Waals surface area contributed by atoms with Crippen LogP contribution in [0.1, 0.15) is 16.7 Å². The highest BCUT2D eigenvalue weighted by atomic mass is 16.5. The summed E-state index contributed by atoms with van der Waals surface area (Å²) >= 11 is 0. The SMILES string of the molecule is COc1ccccc1CN(CCc1ccc(OC)c(OC)c1)C(=O)Nc1cccc(C)c1. The number of hydrogen-bond acceptors (Lipinski definition) is 4. The molecule has 32 heavy (non-hydrogen) atoms. The molecule has 0 saturated heterocycles. The largest absolute Gasteiger partial charge is 0.496 e. The summed E-state index contributed by atoms with van der Waals surface area (Å²) in [5, 5.41) is 3.02. The maximum atomic E-state index is 13.2. The number of urea groups is 1. The quantitative estimate of drug-likeness (QED) is 0.497. The molecule has 6 nitrogen and oxygen atoms in total. The molecule has 1 N–H and O–H groups in total. The van der Waals surface area contributed by atoms with Crippen LogP contribution in [0.5, 0.6) is 17.2 Å². The molecule has 168 valence electrons. The molecule has 0 aliphatic heterocycles. The fourth-order valence-corrected chi connectivity index (χ4v) is 3.52. The Morgan fingerprint density at radius 3 is 2.31 bits per heavy atom. The van der Waals surface area contributed by atoms with Crippen molar-refractivity contribution in [2.24, 2.45) is 0 Å². The van der Waals surface area contributed by atoms with Crippen molar-refractivity contribution < 1.29 is 19.0 Å². The lowest BCUT2D eigenvalue weighted by atomic mass is 10.1. The van der Waals surface area contributed by atoms with Gasteiger partial charge in [0.15, 0.2) is 11.5 Å². The molecule has 0 heterocycles. The zero-order valence-corrected chi connectivity index (χ0v) is 19.1. The Morgan fingerprint density at radius 2 is 1.59 bits per heavy atom. The molecule has 0 aromatic heterocycles. The maximum Gasteiger partial charge on any atom is 0.322 e. The second-order valence-corrected chi connectivity index (χ2v) is 7.47. The molecule has 2 amide bonds. The summed E-state index contributed by atoms with van der Waals surface area (Å²) in [5.74, 6) is 2.11. The first-order chi connectivity index (χ1) is 15.5. The molecule has 0 aliphatic rings. The normalized spacial score (nSPS) is 10.4. The molecule has 6 heteroatoms. The number of nitrogens with one attached hydrogen (secondary N) is 1. The van der Waals surface area contributed by atoms with Crippen LogP contribution >= 0.6 is 0 Å². The lowest BCUT2D eigenvalue weighted by molar-refractivity contribution is 0.209. The molecule has 0 spiro atoms. The first kappa shape index (κ1) is 23.0. The minimum atomic E-state index is -0.165. The number of aryl methyl sites for hydroxylation is 1. The third-order valence-corrected chi connectivity index (χ3v) is 5.23. The number of carbonyl (C=O) groups excluding carboxylic acids is 1. The van der Waals surface area contributed by atoms with Crippen LogP contribution in [0.3, 0.4) is 0 Å². The van der Waals surface area contributed by atoms with E-state index in [1.165, 1.54) is 0 Å². The van der Waals surface area contributed by atoms with Gasteiger partial charge < -0.3 is 24.4 Å². The number of hydrogen-bond donors (Lipinski definition) is 1. The van der Waals surface area contributed by atoms with Crippen molar-refractivity contribution >= 4 is 11.7 Å². The Morgan fingerprint density at radius 1 is 0.844 bits per heavy atom. The van der Waals surface area contributed by atoms with Gasteiger partial charge in [0.1, 0.15) is 5.75 Å². The van der Waals surface area contributed by atoms with Gasteiger partial charge in [0.05, 0.1) is 27.9 Å². The lowest BCUT2D eigenvalue weighted by Crippen LogP contribution is -2.36.